The number of guanidine groups is 1. The number of hydrogen-bond donors (Lipinski definition) is 1. The first-order chi connectivity index (χ1) is 13.0. The van der Waals surface area contributed by atoms with Crippen molar-refractivity contribution >= 4 is 27.3 Å². The third kappa shape index (κ3) is 5.66. The zero-order valence-corrected chi connectivity index (χ0v) is 18.4. The smallest absolute Gasteiger partial charge is 0.252 e. The molecule has 7 nitrogen and oxygen atoms in total. The van der Waals surface area contributed by atoms with Crippen molar-refractivity contribution in [3.8, 4) is 0 Å². The molecule has 0 bridgehead atoms. The SMILES string of the molecule is CCN(CC)S(=O)(=O)c1ccc(CCNC(=NC)N2CCC(COC)C2)s1. The van der Waals surface area contributed by atoms with Gasteiger partial charge in [-0.1, -0.05) is 13.8 Å². The largest absolute Gasteiger partial charge is 0.384 e. The molecule has 0 aliphatic carbocycles. The van der Waals surface area contributed by atoms with Gasteiger partial charge in [-0.05, 0) is 25.0 Å². The zero-order chi connectivity index (χ0) is 19.9. The van der Waals surface area contributed by atoms with Gasteiger partial charge in [0, 0.05) is 57.7 Å². The number of sulfonamides is 1. The van der Waals surface area contributed by atoms with Crippen molar-refractivity contribution in [1.82, 2.24) is 14.5 Å². The van der Waals surface area contributed by atoms with Crippen LogP contribution in [-0.4, -0.2) is 77.1 Å². The van der Waals surface area contributed by atoms with Crippen molar-refractivity contribution < 1.29 is 13.2 Å². The van der Waals surface area contributed by atoms with Crippen molar-refractivity contribution in [3.63, 3.8) is 0 Å². The van der Waals surface area contributed by atoms with Crippen molar-refractivity contribution in [3.05, 3.63) is 17.0 Å². The number of ether oxygens (including phenoxy) is 1. The zero-order valence-electron chi connectivity index (χ0n) is 16.8. The van der Waals surface area contributed by atoms with Crippen LogP contribution in [0.1, 0.15) is 25.1 Å². The Hall–Kier alpha value is -1.16. The Morgan fingerprint density at radius 1 is 1.41 bits per heavy atom. The maximum absolute atomic E-state index is 12.6. The second kappa shape index (κ2) is 10.4. The number of aliphatic imine (C=N–C) groups is 1. The van der Waals surface area contributed by atoms with Crippen LogP contribution >= 0.6 is 11.3 Å². The molecule has 0 saturated carbocycles. The molecule has 1 N–H and O–H groups in total. The first-order valence-electron chi connectivity index (χ1n) is 9.49. The van der Waals surface area contributed by atoms with Crippen molar-refractivity contribution in [2.75, 3.05) is 53.5 Å². The summed E-state index contributed by atoms with van der Waals surface area (Å²) in [4.78, 5) is 7.69. The summed E-state index contributed by atoms with van der Waals surface area (Å²) in [6, 6.07) is 3.63. The summed E-state index contributed by atoms with van der Waals surface area (Å²) >= 11 is 1.36. The van der Waals surface area contributed by atoms with E-state index in [1.165, 1.54) is 15.6 Å². The van der Waals surface area contributed by atoms with Crippen molar-refractivity contribution in [2.24, 2.45) is 10.9 Å². The van der Waals surface area contributed by atoms with Gasteiger partial charge in [-0.15, -0.1) is 11.3 Å². The number of likely N-dealkylation sites (tertiary alicyclic amines) is 1. The Morgan fingerprint density at radius 3 is 2.78 bits per heavy atom. The lowest BCUT2D eigenvalue weighted by Gasteiger charge is -2.21. The lowest BCUT2D eigenvalue weighted by molar-refractivity contribution is 0.157. The van der Waals surface area contributed by atoms with E-state index in [0.29, 0.717) is 23.2 Å². The van der Waals surface area contributed by atoms with E-state index >= 15 is 0 Å². The average Bonchev–Trinajstić information content (AvgIpc) is 3.30. The van der Waals surface area contributed by atoms with E-state index in [2.05, 4.69) is 15.2 Å². The van der Waals surface area contributed by atoms with Gasteiger partial charge in [0.2, 0.25) is 0 Å². The number of nitrogens with one attached hydrogen (secondary N) is 1. The molecule has 27 heavy (non-hydrogen) atoms. The minimum atomic E-state index is -3.36. The molecule has 0 radical (unpaired) electrons. The minimum absolute atomic E-state index is 0.424. The Balaban J connectivity index is 1.88. The van der Waals surface area contributed by atoms with Gasteiger partial charge in [-0.2, -0.15) is 4.31 Å². The summed E-state index contributed by atoms with van der Waals surface area (Å²) < 4.78 is 32.3. The maximum atomic E-state index is 12.6. The Labute approximate surface area is 167 Å². The highest BCUT2D eigenvalue weighted by atomic mass is 32.2. The monoisotopic (exact) mass is 416 g/mol. The lowest BCUT2D eigenvalue weighted by Crippen LogP contribution is -2.41. The Kier molecular flexibility index (Phi) is 8.53. The van der Waals surface area contributed by atoms with Crippen LogP contribution in [0.3, 0.4) is 0 Å². The molecule has 1 aromatic heterocycles. The molecule has 1 aliphatic heterocycles. The predicted octanol–water partition coefficient (Wildman–Crippen LogP) is 1.86. The highest BCUT2D eigenvalue weighted by Gasteiger charge is 2.25. The van der Waals surface area contributed by atoms with Gasteiger partial charge in [0.1, 0.15) is 4.21 Å². The van der Waals surface area contributed by atoms with Crippen molar-refractivity contribution in [1.29, 1.82) is 0 Å². The van der Waals surface area contributed by atoms with Crippen molar-refractivity contribution in [2.45, 2.75) is 30.9 Å². The third-order valence-electron chi connectivity index (χ3n) is 4.79. The fraction of sp³-hybridized carbons (Fsp3) is 0.722. The summed E-state index contributed by atoms with van der Waals surface area (Å²) in [5.41, 5.74) is 0. The van der Waals surface area contributed by atoms with Gasteiger partial charge in [0.25, 0.3) is 10.0 Å². The van der Waals surface area contributed by atoms with Crippen LogP contribution in [-0.2, 0) is 21.2 Å². The standard InChI is InChI=1S/C18H32N4O3S2/c1-5-22(6-2)27(23,24)17-8-7-16(26-17)9-11-20-18(19-3)21-12-10-15(13-21)14-25-4/h7-8,15H,5-6,9-14H2,1-4H3,(H,19,20). The molecule has 154 valence electrons. The average molecular weight is 417 g/mol. The molecule has 1 aliphatic rings. The van der Waals surface area contributed by atoms with Crippen LogP contribution < -0.4 is 5.32 Å². The molecule has 1 aromatic rings. The molecule has 9 heteroatoms. The highest BCUT2D eigenvalue weighted by molar-refractivity contribution is 7.91. The summed E-state index contributed by atoms with van der Waals surface area (Å²) in [6.07, 6.45) is 1.89. The maximum Gasteiger partial charge on any atom is 0.252 e. The number of nitrogens with zero attached hydrogens (tertiary/aromatic N) is 3. The van der Waals surface area contributed by atoms with Crippen LogP contribution in [0.5, 0.6) is 0 Å². The van der Waals surface area contributed by atoms with Gasteiger partial charge < -0.3 is 15.0 Å². The molecular formula is C18H32N4O3S2. The summed E-state index contributed by atoms with van der Waals surface area (Å²) in [5, 5.41) is 3.40. The fourth-order valence-corrected chi connectivity index (χ4v) is 6.32. The summed E-state index contributed by atoms with van der Waals surface area (Å²) in [6.45, 7) is 8.16. The second-order valence-corrected chi connectivity index (χ2v) is 9.92. The molecule has 0 aromatic carbocycles. The highest BCUT2D eigenvalue weighted by Crippen LogP contribution is 2.25. The van der Waals surface area contributed by atoms with Crippen LogP contribution in [0, 0.1) is 5.92 Å². The molecular weight excluding hydrogens is 384 g/mol. The molecule has 0 spiro atoms. The Bertz CT molecular complexity index is 714. The first-order valence-corrected chi connectivity index (χ1v) is 11.7. The predicted molar refractivity (Wildman–Crippen MR) is 111 cm³/mol. The molecule has 0 amide bonds. The fourth-order valence-electron chi connectivity index (χ4n) is 3.35. The van der Waals surface area contributed by atoms with Gasteiger partial charge >= 0.3 is 0 Å². The number of methoxy groups -OCH3 is 1. The molecule has 1 saturated heterocycles. The molecule has 1 fully saturated rings. The lowest BCUT2D eigenvalue weighted by atomic mass is 10.1. The van der Waals surface area contributed by atoms with E-state index in [-0.39, 0.29) is 0 Å². The quantitative estimate of drug-likeness (QED) is 0.491. The van der Waals surface area contributed by atoms with Crippen LogP contribution in [0.2, 0.25) is 0 Å². The minimum Gasteiger partial charge on any atom is -0.384 e. The van der Waals surface area contributed by atoms with Gasteiger partial charge in [0.05, 0.1) is 6.61 Å². The summed E-state index contributed by atoms with van der Waals surface area (Å²) in [7, 11) is 0.176. The van der Waals surface area contributed by atoms with E-state index in [0.717, 1.165) is 49.9 Å². The van der Waals surface area contributed by atoms with E-state index in [1.54, 1.807) is 20.2 Å². The molecule has 1 atom stereocenters. The van der Waals surface area contributed by atoms with Gasteiger partial charge in [0.15, 0.2) is 5.96 Å². The van der Waals surface area contributed by atoms with Crippen LogP contribution in [0.15, 0.2) is 21.3 Å². The third-order valence-corrected chi connectivity index (χ3v) is 8.45. The first kappa shape index (κ1) is 22.1. The molecule has 2 heterocycles. The van der Waals surface area contributed by atoms with Gasteiger partial charge in [-0.25, -0.2) is 8.42 Å². The van der Waals surface area contributed by atoms with Crippen LogP contribution in [0.4, 0.5) is 0 Å². The topological polar surface area (TPSA) is 74.2 Å². The van der Waals surface area contributed by atoms with Gasteiger partial charge in [-0.3, -0.25) is 4.99 Å². The molecule has 1 unspecified atom stereocenters. The van der Waals surface area contributed by atoms with E-state index < -0.39 is 10.0 Å². The number of thiophene rings is 1. The van der Waals surface area contributed by atoms with E-state index in [4.69, 9.17) is 4.74 Å². The van der Waals surface area contributed by atoms with E-state index in [9.17, 15) is 8.42 Å². The van der Waals surface area contributed by atoms with E-state index in [1.807, 2.05) is 19.9 Å². The number of rotatable bonds is 9. The second-order valence-electron chi connectivity index (χ2n) is 6.59. The molecule has 2 rings (SSSR count). The Morgan fingerprint density at radius 2 is 2.15 bits per heavy atom. The summed E-state index contributed by atoms with van der Waals surface area (Å²) in [5.74, 6) is 1.46. The number of hydrogen-bond acceptors (Lipinski definition) is 5. The van der Waals surface area contributed by atoms with Crippen LogP contribution in [0.25, 0.3) is 0 Å². The normalized spacial score (nSPS) is 18.5.